The average Bonchev–Trinajstić information content (AvgIpc) is 3.16. The second kappa shape index (κ2) is 37.4. The fourth-order valence-electron chi connectivity index (χ4n) is 3.64. The average molecular weight is 773 g/mol. The molecule has 52 heavy (non-hydrogen) atoms. The molecule has 304 valence electrons. The van der Waals surface area contributed by atoms with E-state index >= 15 is 0 Å². The van der Waals surface area contributed by atoms with Crippen LogP contribution in [0.5, 0.6) is 0 Å². The van der Waals surface area contributed by atoms with Crippen LogP contribution in [-0.2, 0) is 80.7 Å². The van der Waals surface area contributed by atoms with E-state index in [1.165, 1.54) is 19.2 Å². The zero-order chi connectivity index (χ0) is 37.5. The molecular formula is C34H60O17S. The SMILES string of the molecule is COC(=O)CCOCCOCCOCCOCCOCCOCCOCCOCCOCCOCCOCCOCCOS(=O)(=O)c1ccccc1. The molecule has 0 unspecified atom stereocenters. The van der Waals surface area contributed by atoms with Crippen molar-refractivity contribution in [1.82, 2.24) is 0 Å². The Kier molecular flexibility index (Phi) is 34.7. The smallest absolute Gasteiger partial charge is 0.307 e. The monoisotopic (exact) mass is 772 g/mol. The number of esters is 1. The summed E-state index contributed by atoms with van der Waals surface area (Å²) in [6.07, 6.45) is 0.237. The van der Waals surface area contributed by atoms with Crippen molar-refractivity contribution in [1.29, 1.82) is 0 Å². The van der Waals surface area contributed by atoms with E-state index in [1.807, 2.05) is 0 Å². The third kappa shape index (κ3) is 32.7. The Morgan fingerprint density at radius 2 is 0.654 bits per heavy atom. The first-order valence-corrected chi connectivity index (χ1v) is 18.9. The number of hydrogen-bond acceptors (Lipinski definition) is 17. The minimum absolute atomic E-state index is 0.0640. The Morgan fingerprint density at radius 1 is 0.404 bits per heavy atom. The molecule has 0 N–H and O–H groups in total. The predicted octanol–water partition coefficient (Wildman–Crippen LogP) is 1.15. The van der Waals surface area contributed by atoms with Gasteiger partial charge >= 0.3 is 5.97 Å². The highest BCUT2D eigenvalue weighted by Gasteiger charge is 2.13. The van der Waals surface area contributed by atoms with Crippen LogP contribution in [0.2, 0.25) is 0 Å². The van der Waals surface area contributed by atoms with Crippen molar-refractivity contribution in [3.8, 4) is 0 Å². The Bertz CT molecular complexity index is 1000. The zero-order valence-electron chi connectivity index (χ0n) is 30.6. The van der Waals surface area contributed by atoms with Crippen LogP contribution in [0.4, 0.5) is 0 Å². The van der Waals surface area contributed by atoms with E-state index in [-0.39, 0.29) is 30.5 Å². The molecule has 0 spiro atoms. The molecule has 1 aromatic rings. The van der Waals surface area contributed by atoms with E-state index in [1.54, 1.807) is 18.2 Å². The molecule has 1 aromatic carbocycles. The molecule has 1 rings (SSSR count). The van der Waals surface area contributed by atoms with Gasteiger partial charge in [0.2, 0.25) is 0 Å². The highest BCUT2D eigenvalue weighted by molar-refractivity contribution is 7.86. The molecule has 0 atom stereocenters. The van der Waals surface area contributed by atoms with Crippen molar-refractivity contribution in [3.63, 3.8) is 0 Å². The standard InChI is InChI=1S/C34H60O17S/c1-38-34(35)7-8-39-9-10-40-11-12-41-13-14-42-15-16-43-17-18-44-19-20-45-21-22-46-23-24-47-25-26-48-27-28-49-29-30-50-31-32-51-52(36,37)33-5-3-2-4-6-33/h2-6H,7-32H2,1H3. The van der Waals surface area contributed by atoms with E-state index in [4.69, 9.17) is 61.0 Å². The van der Waals surface area contributed by atoms with Gasteiger partial charge in [0.15, 0.2) is 0 Å². The van der Waals surface area contributed by atoms with Crippen LogP contribution in [0.25, 0.3) is 0 Å². The van der Waals surface area contributed by atoms with Gasteiger partial charge in [-0.15, -0.1) is 0 Å². The number of rotatable bonds is 41. The minimum atomic E-state index is -3.76. The Hall–Kier alpha value is -1.88. The second-order valence-corrected chi connectivity index (χ2v) is 11.9. The van der Waals surface area contributed by atoms with E-state index in [0.29, 0.717) is 152 Å². The molecule has 0 aliphatic heterocycles. The Labute approximate surface area is 308 Å². The first kappa shape index (κ1) is 48.1. The number of methoxy groups -OCH3 is 1. The summed E-state index contributed by atoms with van der Waals surface area (Å²) in [4.78, 5) is 11.0. The molecule has 0 aliphatic rings. The van der Waals surface area contributed by atoms with Gasteiger partial charge in [-0.1, -0.05) is 18.2 Å². The second-order valence-electron chi connectivity index (χ2n) is 10.3. The van der Waals surface area contributed by atoms with Crippen molar-refractivity contribution in [2.75, 3.05) is 172 Å². The van der Waals surface area contributed by atoms with Crippen LogP contribution in [-0.4, -0.2) is 187 Å². The quantitative estimate of drug-likeness (QED) is 0.0525. The first-order valence-electron chi connectivity index (χ1n) is 17.5. The van der Waals surface area contributed by atoms with Gasteiger partial charge in [0, 0.05) is 0 Å². The van der Waals surface area contributed by atoms with Gasteiger partial charge in [0.05, 0.1) is 184 Å². The van der Waals surface area contributed by atoms with Crippen molar-refractivity contribution in [2.45, 2.75) is 11.3 Å². The maximum atomic E-state index is 12.0. The lowest BCUT2D eigenvalue weighted by atomic mass is 10.4. The summed E-state index contributed by atoms with van der Waals surface area (Å²) in [5.41, 5.74) is 0. The van der Waals surface area contributed by atoms with Crippen LogP contribution in [0.3, 0.4) is 0 Å². The first-order chi connectivity index (χ1) is 25.6. The lowest BCUT2D eigenvalue weighted by molar-refractivity contribution is -0.141. The number of carbonyl (C=O) groups excluding carboxylic acids is 1. The summed E-state index contributed by atoms with van der Waals surface area (Å²) in [6.45, 7) is 10.3. The number of ether oxygens (including phenoxy) is 13. The van der Waals surface area contributed by atoms with Gasteiger partial charge in [-0.25, -0.2) is 0 Å². The van der Waals surface area contributed by atoms with Crippen LogP contribution in [0.15, 0.2) is 35.2 Å². The topological polar surface area (TPSA) is 180 Å². The molecule has 0 aromatic heterocycles. The van der Waals surface area contributed by atoms with E-state index in [9.17, 15) is 13.2 Å². The molecule has 0 amide bonds. The van der Waals surface area contributed by atoms with Crippen molar-refractivity contribution < 1.29 is 79.0 Å². The normalized spacial score (nSPS) is 11.7. The van der Waals surface area contributed by atoms with Gasteiger partial charge in [-0.3, -0.25) is 8.98 Å². The third-order valence-electron chi connectivity index (χ3n) is 6.27. The summed E-state index contributed by atoms with van der Waals surface area (Å²) >= 11 is 0. The highest BCUT2D eigenvalue weighted by Crippen LogP contribution is 2.10. The van der Waals surface area contributed by atoms with Crippen molar-refractivity contribution in [3.05, 3.63) is 30.3 Å². The summed E-state index contributed by atoms with van der Waals surface area (Å²) in [5, 5.41) is 0. The Balaban J connectivity index is 1.65. The van der Waals surface area contributed by atoms with Crippen LogP contribution in [0, 0.1) is 0 Å². The maximum Gasteiger partial charge on any atom is 0.307 e. The van der Waals surface area contributed by atoms with Crippen molar-refractivity contribution >= 4 is 16.1 Å². The summed E-state index contributed by atoms with van der Waals surface area (Å²) in [7, 11) is -2.42. The molecular weight excluding hydrogens is 712 g/mol. The third-order valence-corrected chi connectivity index (χ3v) is 7.59. The van der Waals surface area contributed by atoms with Crippen LogP contribution in [0.1, 0.15) is 6.42 Å². The number of benzene rings is 1. The van der Waals surface area contributed by atoms with E-state index in [2.05, 4.69) is 4.74 Å². The fraction of sp³-hybridized carbons (Fsp3) is 0.794. The minimum Gasteiger partial charge on any atom is -0.469 e. The molecule has 18 heteroatoms. The number of carbonyl (C=O) groups is 1. The van der Waals surface area contributed by atoms with Gasteiger partial charge in [0.1, 0.15) is 0 Å². The Morgan fingerprint density at radius 3 is 0.923 bits per heavy atom. The number of hydrogen-bond donors (Lipinski definition) is 0. The summed E-state index contributed by atoms with van der Waals surface area (Å²) < 4.78 is 98.4. The van der Waals surface area contributed by atoms with Crippen molar-refractivity contribution in [2.24, 2.45) is 0 Å². The fourth-order valence-corrected chi connectivity index (χ4v) is 4.55. The molecule has 0 radical (unpaired) electrons. The van der Waals surface area contributed by atoms with Gasteiger partial charge in [-0.2, -0.15) is 8.42 Å². The maximum absolute atomic E-state index is 12.0. The van der Waals surface area contributed by atoms with E-state index in [0.717, 1.165) is 0 Å². The molecule has 0 bridgehead atoms. The van der Waals surface area contributed by atoms with Gasteiger partial charge < -0.3 is 61.6 Å². The molecule has 0 fully saturated rings. The lowest BCUT2D eigenvalue weighted by Gasteiger charge is -2.09. The lowest BCUT2D eigenvalue weighted by Crippen LogP contribution is -2.16. The van der Waals surface area contributed by atoms with Crippen LogP contribution < -0.4 is 0 Å². The predicted molar refractivity (Wildman–Crippen MR) is 186 cm³/mol. The molecule has 0 heterocycles. The summed E-state index contributed by atoms with van der Waals surface area (Å²) in [6, 6.07) is 7.96. The summed E-state index contributed by atoms with van der Waals surface area (Å²) in [5.74, 6) is -0.293. The van der Waals surface area contributed by atoms with Gasteiger partial charge in [0.25, 0.3) is 10.1 Å². The highest BCUT2D eigenvalue weighted by atomic mass is 32.2. The molecule has 17 nitrogen and oxygen atoms in total. The molecule has 0 saturated heterocycles. The van der Waals surface area contributed by atoms with Gasteiger partial charge in [-0.05, 0) is 12.1 Å². The largest absolute Gasteiger partial charge is 0.469 e. The van der Waals surface area contributed by atoms with Crippen LogP contribution >= 0.6 is 0 Å². The zero-order valence-corrected chi connectivity index (χ0v) is 31.4. The molecule has 0 aliphatic carbocycles. The van der Waals surface area contributed by atoms with E-state index < -0.39 is 10.1 Å². The molecule has 0 saturated carbocycles.